The molecule has 0 aliphatic carbocycles. The molecule has 0 aliphatic heterocycles. The molecule has 6 heteroatoms. The number of amides is 2. The number of hydrogen-bond donors (Lipinski definition) is 2. The fourth-order valence-electron chi connectivity index (χ4n) is 2.28. The van der Waals surface area contributed by atoms with Crippen molar-refractivity contribution in [1.82, 2.24) is 5.32 Å². The molecule has 132 valence electrons. The third-order valence-corrected chi connectivity index (χ3v) is 5.04. The second kappa shape index (κ2) is 9.63. The summed E-state index contributed by atoms with van der Waals surface area (Å²) in [5.74, 6) is 0.632. The molecule has 0 bridgehead atoms. The Morgan fingerprint density at radius 1 is 1.16 bits per heavy atom. The summed E-state index contributed by atoms with van der Waals surface area (Å²) in [6.07, 6.45) is 0.455. The van der Waals surface area contributed by atoms with Crippen molar-refractivity contribution in [2.75, 3.05) is 11.1 Å². The first-order chi connectivity index (χ1) is 11.9. The van der Waals surface area contributed by atoms with Gasteiger partial charge in [0.25, 0.3) is 0 Å². The van der Waals surface area contributed by atoms with Gasteiger partial charge in [-0.1, -0.05) is 28.1 Å². The molecule has 0 heterocycles. The molecule has 4 nitrogen and oxygen atoms in total. The molecule has 25 heavy (non-hydrogen) atoms. The molecule has 2 rings (SSSR count). The molecular weight excluding hydrogens is 400 g/mol. The monoisotopic (exact) mass is 420 g/mol. The molecule has 0 spiro atoms. The molecule has 2 aromatic carbocycles. The fraction of sp³-hybridized carbons (Fsp3) is 0.263. The van der Waals surface area contributed by atoms with Gasteiger partial charge in [-0.25, -0.2) is 0 Å². The predicted molar refractivity (Wildman–Crippen MR) is 107 cm³/mol. The Bertz CT molecular complexity index is 734. The third-order valence-electron chi connectivity index (χ3n) is 3.50. The van der Waals surface area contributed by atoms with Gasteiger partial charge in [0.2, 0.25) is 11.8 Å². The molecule has 1 unspecified atom stereocenters. The summed E-state index contributed by atoms with van der Waals surface area (Å²) in [5, 5.41) is 5.75. The third kappa shape index (κ3) is 6.92. The van der Waals surface area contributed by atoms with Crippen LogP contribution in [0.1, 0.15) is 31.9 Å². The normalized spacial score (nSPS) is 11.6. The maximum Gasteiger partial charge on any atom is 0.221 e. The molecule has 2 aromatic rings. The quantitative estimate of drug-likeness (QED) is 0.634. The minimum atomic E-state index is -0.112. The first-order valence-corrected chi connectivity index (χ1v) is 9.77. The molecule has 0 saturated heterocycles. The van der Waals surface area contributed by atoms with Crippen LogP contribution in [0.3, 0.4) is 0 Å². The fourth-order valence-corrected chi connectivity index (χ4v) is 3.39. The van der Waals surface area contributed by atoms with Gasteiger partial charge in [0.15, 0.2) is 0 Å². The van der Waals surface area contributed by atoms with Crippen molar-refractivity contribution in [3.8, 4) is 0 Å². The van der Waals surface area contributed by atoms with Crippen LogP contribution in [-0.2, 0) is 9.59 Å². The summed E-state index contributed by atoms with van der Waals surface area (Å²) in [4.78, 5) is 24.4. The van der Waals surface area contributed by atoms with Gasteiger partial charge >= 0.3 is 0 Å². The van der Waals surface area contributed by atoms with Crippen molar-refractivity contribution in [2.45, 2.75) is 31.2 Å². The molecule has 0 fully saturated rings. The zero-order chi connectivity index (χ0) is 18.2. The van der Waals surface area contributed by atoms with Gasteiger partial charge in [-0.2, -0.15) is 0 Å². The van der Waals surface area contributed by atoms with Crippen molar-refractivity contribution in [2.24, 2.45) is 0 Å². The van der Waals surface area contributed by atoms with Crippen molar-refractivity contribution >= 4 is 45.2 Å². The maximum atomic E-state index is 12.1. The highest BCUT2D eigenvalue weighted by atomic mass is 79.9. The first-order valence-electron chi connectivity index (χ1n) is 7.99. The van der Waals surface area contributed by atoms with E-state index in [1.165, 1.54) is 6.92 Å². The number of rotatable bonds is 7. The van der Waals surface area contributed by atoms with E-state index in [-0.39, 0.29) is 17.9 Å². The zero-order valence-electron chi connectivity index (χ0n) is 14.2. The lowest BCUT2D eigenvalue weighted by molar-refractivity contribution is -0.121. The average Bonchev–Trinajstić information content (AvgIpc) is 2.56. The Balaban J connectivity index is 1.81. The molecule has 0 saturated carbocycles. The van der Waals surface area contributed by atoms with E-state index in [1.54, 1.807) is 11.8 Å². The molecule has 1 atom stereocenters. The van der Waals surface area contributed by atoms with E-state index in [4.69, 9.17) is 0 Å². The largest absolute Gasteiger partial charge is 0.350 e. The van der Waals surface area contributed by atoms with Crippen LogP contribution in [0.2, 0.25) is 0 Å². The van der Waals surface area contributed by atoms with E-state index in [0.29, 0.717) is 6.42 Å². The summed E-state index contributed by atoms with van der Waals surface area (Å²) in [6.45, 7) is 3.41. The number of carbonyl (C=O) groups excluding carboxylic acids is 2. The average molecular weight is 421 g/mol. The Hall–Kier alpha value is -1.79. The minimum absolute atomic E-state index is 0.0158. The smallest absolute Gasteiger partial charge is 0.221 e. The number of halogens is 1. The van der Waals surface area contributed by atoms with Crippen LogP contribution < -0.4 is 10.6 Å². The summed E-state index contributed by atoms with van der Waals surface area (Å²) >= 11 is 5.07. The topological polar surface area (TPSA) is 58.2 Å². The van der Waals surface area contributed by atoms with Gasteiger partial charge in [-0.15, -0.1) is 11.8 Å². The highest BCUT2D eigenvalue weighted by Crippen LogP contribution is 2.22. The second-order valence-corrected chi connectivity index (χ2v) is 7.73. The van der Waals surface area contributed by atoms with E-state index < -0.39 is 0 Å². The summed E-state index contributed by atoms with van der Waals surface area (Å²) in [7, 11) is 0. The van der Waals surface area contributed by atoms with Crippen molar-refractivity contribution < 1.29 is 9.59 Å². The highest BCUT2D eigenvalue weighted by Gasteiger charge is 2.10. The number of benzene rings is 2. The van der Waals surface area contributed by atoms with Crippen LogP contribution in [0.15, 0.2) is 57.9 Å². The van der Waals surface area contributed by atoms with Crippen LogP contribution in [0.5, 0.6) is 0 Å². The van der Waals surface area contributed by atoms with Crippen molar-refractivity contribution in [3.05, 3.63) is 58.6 Å². The summed E-state index contributed by atoms with van der Waals surface area (Å²) in [5.41, 5.74) is 1.69. The van der Waals surface area contributed by atoms with Gasteiger partial charge in [0, 0.05) is 34.2 Å². The molecular formula is C19H21BrN2O2S. The minimum Gasteiger partial charge on any atom is -0.350 e. The lowest BCUT2D eigenvalue weighted by Crippen LogP contribution is -2.26. The van der Waals surface area contributed by atoms with Crippen molar-refractivity contribution in [1.29, 1.82) is 0 Å². The molecule has 2 N–H and O–H groups in total. The molecule has 2 amide bonds. The van der Waals surface area contributed by atoms with Crippen LogP contribution in [-0.4, -0.2) is 17.6 Å². The van der Waals surface area contributed by atoms with Crippen molar-refractivity contribution in [3.63, 3.8) is 0 Å². The zero-order valence-corrected chi connectivity index (χ0v) is 16.6. The number of thioether (sulfide) groups is 1. The number of anilines is 1. The van der Waals surface area contributed by atoms with Crippen LogP contribution in [0.4, 0.5) is 5.69 Å². The van der Waals surface area contributed by atoms with E-state index >= 15 is 0 Å². The molecule has 0 aliphatic rings. The predicted octanol–water partition coefficient (Wildman–Crippen LogP) is 4.77. The number of nitrogens with one attached hydrogen (secondary N) is 2. The van der Waals surface area contributed by atoms with Gasteiger partial charge in [-0.3, -0.25) is 9.59 Å². The maximum absolute atomic E-state index is 12.1. The Kier molecular flexibility index (Phi) is 7.52. The number of carbonyl (C=O) groups is 2. The standard InChI is InChI=1S/C19H21BrN2O2S/c1-13(15-4-3-5-17(12-15)22-14(2)23)21-19(24)10-11-25-18-8-6-16(20)7-9-18/h3-9,12-13H,10-11H2,1-2H3,(H,21,24)(H,22,23). The Labute approximate surface area is 160 Å². The number of hydrogen-bond acceptors (Lipinski definition) is 3. The van der Waals surface area contributed by atoms with Crippen LogP contribution in [0, 0.1) is 0 Å². The van der Waals surface area contributed by atoms with Gasteiger partial charge < -0.3 is 10.6 Å². The lowest BCUT2D eigenvalue weighted by Gasteiger charge is -2.15. The molecule has 0 aromatic heterocycles. The van der Waals surface area contributed by atoms with E-state index in [2.05, 4.69) is 26.6 Å². The van der Waals surface area contributed by atoms with E-state index in [1.807, 2.05) is 55.5 Å². The van der Waals surface area contributed by atoms with Gasteiger partial charge in [0.05, 0.1) is 6.04 Å². The van der Waals surface area contributed by atoms with Crippen LogP contribution in [0.25, 0.3) is 0 Å². The van der Waals surface area contributed by atoms with Gasteiger partial charge in [-0.05, 0) is 48.9 Å². The van der Waals surface area contributed by atoms with Gasteiger partial charge in [0.1, 0.15) is 0 Å². The Morgan fingerprint density at radius 2 is 1.88 bits per heavy atom. The van der Waals surface area contributed by atoms with E-state index in [9.17, 15) is 9.59 Å². The summed E-state index contributed by atoms with van der Waals surface area (Å²) < 4.78 is 1.05. The highest BCUT2D eigenvalue weighted by molar-refractivity contribution is 9.10. The summed E-state index contributed by atoms with van der Waals surface area (Å²) in [6, 6.07) is 15.4. The van der Waals surface area contributed by atoms with E-state index in [0.717, 1.165) is 26.4 Å². The second-order valence-electron chi connectivity index (χ2n) is 5.65. The molecule has 0 radical (unpaired) electrons. The SMILES string of the molecule is CC(=O)Nc1cccc(C(C)NC(=O)CCSc2ccc(Br)cc2)c1. The first kappa shape index (κ1) is 19.5. The lowest BCUT2D eigenvalue weighted by atomic mass is 10.1. The van der Waals surface area contributed by atoms with Crippen LogP contribution >= 0.6 is 27.7 Å². The Morgan fingerprint density at radius 3 is 2.56 bits per heavy atom.